The Kier molecular flexibility index (Phi) is 6.17. The Bertz CT molecular complexity index is 2350. The van der Waals surface area contributed by atoms with Crippen molar-refractivity contribution < 1.29 is 0 Å². The van der Waals surface area contributed by atoms with Gasteiger partial charge in [0.25, 0.3) is 0 Å². The second-order valence-electron chi connectivity index (χ2n) is 14.4. The minimum absolute atomic E-state index is 0.0302. The molecule has 4 aliphatic rings. The average molecular weight is 631 g/mol. The summed E-state index contributed by atoms with van der Waals surface area (Å²) >= 11 is 1.71. The minimum Gasteiger partial charge on any atom is -0.310 e. The van der Waals surface area contributed by atoms with E-state index in [9.17, 15) is 4.79 Å². The smallest absolute Gasteiger partial charge is 0.195 e. The number of para-hydroxylation sites is 2. The van der Waals surface area contributed by atoms with Crippen molar-refractivity contribution in [1.29, 1.82) is 0 Å². The average Bonchev–Trinajstić information content (AvgIpc) is 3.09. The van der Waals surface area contributed by atoms with E-state index in [1.807, 2.05) is 6.07 Å². The van der Waals surface area contributed by atoms with Gasteiger partial charge in [0.1, 0.15) is 0 Å². The van der Waals surface area contributed by atoms with Crippen molar-refractivity contribution in [3.05, 3.63) is 153 Å². The topological polar surface area (TPSA) is 23.6 Å². The molecule has 47 heavy (non-hydrogen) atoms. The van der Waals surface area contributed by atoms with Gasteiger partial charge < -0.3 is 9.80 Å². The number of nitrogens with zero attached hydrogens (tertiary/aromatic N) is 2. The van der Waals surface area contributed by atoms with Crippen LogP contribution in [0.5, 0.6) is 0 Å². The molecule has 1 aromatic heterocycles. The van der Waals surface area contributed by atoms with Crippen LogP contribution in [0.4, 0.5) is 22.7 Å². The Hall–Kier alpha value is -4.67. The van der Waals surface area contributed by atoms with Gasteiger partial charge in [-0.2, -0.15) is 0 Å². The third-order valence-corrected chi connectivity index (χ3v) is 12.2. The maximum Gasteiger partial charge on any atom is 0.195 e. The number of rotatable bonds is 2. The Morgan fingerprint density at radius 1 is 0.596 bits per heavy atom. The molecular weight excluding hydrogens is 593 g/mol. The number of benzene rings is 4. The lowest BCUT2D eigenvalue weighted by Gasteiger charge is -2.44. The second-order valence-corrected chi connectivity index (χ2v) is 15.4. The number of allylic oxidation sites excluding steroid dienone is 6. The lowest BCUT2D eigenvalue weighted by molar-refractivity contribution is 0.570. The Labute approximate surface area is 280 Å². The van der Waals surface area contributed by atoms with Gasteiger partial charge >= 0.3 is 0 Å². The van der Waals surface area contributed by atoms with Gasteiger partial charge in [-0.3, -0.25) is 4.79 Å². The van der Waals surface area contributed by atoms with Crippen LogP contribution in [0.15, 0.2) is 137 Å². The molecule has 0 saturated carbocycles. The Balaban J connectivity index is 1.20. The van der Waals surface area contributed by atoms with E-state index >= 15 is 0 Å². The van der Waals surface area contributed by atoms with Gasteiger partial charge in [0.15, 0.2) is 5.43 Å². The molecule has 2 aliphatic carbocycles. The monoisotopic (exact) mass is 630 g/mol. The van der Waals surface area contributed by atoms with Crippen LogP contribution in [0.3, 0.4) is 0 Å². The largest absolute Gasteiger partial charge is 0.310 e. The van der Waals surface area contributed by atoms with Crippen molar-refractivity contribution in [3.8, 4) is 0 Å². The lowest BCUT2D eigenvalue weighted by atomic mass is 9.70. The zero-order valence-electron chi connectivity index (χ0n) is 27.4. The summed E-state index contributed by atoms with van der Waals surface area (Å²) in [4.78, 5) is 19.1. The van der Waals surface area contributed by atoms with E-state index in [1.165, 1.54) is 45.0 Å². The van der Waals surface area contributed by atoms with Gasteiger partial charge in [-0.15, -0.1) is 11.3 Å². The normalized spacial score (nSPS) is 19.1. The molecule has 9 rings (SSSR count). The first-order valence-electron chi connectivity index (χ1n) is 16.9. The van der Waals surface area contributed by atoms with Crippen molar-refractivity contribution in [2.75, 3.05) is 9.80 Å². The summed E-state index contributed by atoms with van der Waals surface area (Å²) in [6, 6.07) is 30.4. The molecular formula is C43H38N2OS. The first-order chi connectivity index (χ1) is 22.7. The highest BCUT2D eigenvalue weighted by molar-refractivity contribution is 7.24. The first-order valence-corrected chi connectivity index (χ1v) is 17.7. The van der Waals surface area contributed by atoms with Gasteiger partial charge in [0.2, 0.25) is 0 Å². The van der Waals surface area contributed by atoms with E-state index in [2.05, 4.69) is 141 Å². The predicted molar refractivity (Wildman–Crippen MR) is 200 cm³/mol. The molecule has 0 radical (unpaired) electrons. The Morgan fingerprint density at radius 3 is 1.72 bits per heavy atom. The summed E-state index contributed by atoms with van der Waals surface area (Å²) in [5, 5.41) is 1.56. The summed E-state index contributed by atoms with van der Waals surface area (Å²) in [6.07, 6.45) is 13.4. The van der Waals surface area contributed by atoms with Crippen LogP contribution in [0, 0.1) is 0 Å². The molecule has 4 aromatic carbocycles. The zero-order valence-corrected chi connectivity index (χ0v) is 28.2. The molecule has 2 aliphatic heterocycles. The SMILES string of the molecule is CC1(C)C2=C(C=CCC2)N(c2ccc3c(=O)c4cc(N5C6=C(CCC=C6)C(C)(C)c6ccccc65)ccc4sc3c2)c2ccccc21. The first kappa shape index (κ1) is 28.5. The maximum absolute atomic E-state index is 14.3. The zero-order chi connectivity index (χ0) is 32.1. The third-order valence-electron chi connectivity index (χ3n) is 11.1. The van der Waals surface area contributed by atoms with Gasteiger partial charge in [-0.05, 0) is 109 Å². The van der Waals surface area contributed by atoms with Crippen LogP contribution in [0.2, 0.25) is 0 Å². The number of anilines is 4. The van der Waals surface area contributed by atoms with E-state index in [0.717, 1.165) is 57.2 Å². The molecule has 4 heteroatoms. The van der Waals surface area contributed by atoms with Crippen LogP contribution in [0.25, 0.3) is 20.2 Å². The predicted octanol–water partition coefficient (Wildman–Crippen LogP) is 11.5. The van der Waals surface area contributed by atoms with Crippen LogP contribution in [0.1, 0.15) is 64.5 Å². The van der Waals surface area contributed by atoms with Gasteiger partial charge in [0.05, 0.1) is 11.4 Å². The summed E-state index contributed by atoms with van der Waals surface area (Å²) < 4.78 is 2.03. The van der Waals surface area contributed by atoms with Crippen LogP contribution in [-0.4, -0.2) is 0 Å². The molecule has 5 aromatic rings. The van der Waals surface area contributed by atoms with Crippen molar-refractivity contribution in [1.82, 2.24) is 0 Å². The highest BCUT2D eigenvalue weighted by Crippen LogP contribution is 2.52. The minimum atomic E-state index is -0.0431. The van der Waals surface area contributed by atoms with Gasteiger partial charge in [0, 0.05) is 53.8 Å². The summed E-state index contributed by atoms with van der Waals surface area (Å²) in [5.74, 6) is 0. The van der Waals surface area contributed by atoms with Gasteiger partial charge in [-0.1, -0.05) is 76.2 Å². The summed E-state index contributed by atoms with van der Waals surface area (Å²) in [6.45, 7) is 9.41. The molecule has 0 atom stereocenters. The standard InChI is InChI=1S/C43H38N2OS/c1-42(2)31-13-5-9-17-35(31)44(36-18-10-6-14-32(36)42)27-22-24-39-30(25-27)41(46)29-23-21-28(26-40(29)47-39)45-37-19-11-7-15-33(37)43(3,4)34-16-8-12-20-38(34)45/h5,7,9-13,15,17-26H,6,8,14,16H2,1-4H3. The quantitative estimate of drug-likeness (QED) is 0.181. The van der Waals surface area contributed by atoms with E-state index in [-0.39, 0.29) is 16.3 Å². The molecule has 0 unspecified atom stereocenters. The molecule has 0 N–H and O–H groups in total. The van der Waals surface area contributed by atoms with E-state index in [1.54, 1.807) is 11.3 Å². The number of fused-ring (bicyclic) bond motifs is 4. The van der Waals surface area contributed by atoms with Crippen LogP contribution < -0.4 is 15.2 Å². The lowest BCUT2D eigenvalue weighted by Crippen LogP contribution is -2.34. The number of hydrogen-bond acceptors (Lipinski definition) is 4. The molecule has 0 amide bonds. The van der Waals surface area contributed by atoms with Crippen molar-refractivity contribution >= 4 is 54.3 Å². The second kappa shape index (κ2) is 10.2. The van der Waals surface area contributed by atoms with Crippen molar-refractivity contribution in [3.63, 3.8) is 0 Å². The van der Waals surface area contributed by atoms with Crippen LogP contribution >= 0.6 is 11.3 Å². The van der Waals surface area contributed by atoms with E-state index in [4.69, 9.17) is 0 Å². The molecule has 0 bridgehead atoms. The molecule has 0 saturated heterocycles. The molecule has 232 valence electrons. The fourth-order valence-electron chi connectivity index (χ4n) is 8.63. The highest BCUT2D eigenvalue weighted by Gasteiger charge is 2.40. The van der Waals surface area contributed by atoms with Gasteiger partial charge in [-0.25, -0.2) is 0 Å². The summed E-state index contributed by atoms with van der Waals surface area (Å²) in [7, 11) is 0. The van der Waals surface area contributed by atoms with E-state index in [0.29, 0.717) is 0 Å². The van der Waals surface area contributed by atoms with Crippen molar-refractivity contribution in [2.24, 2.45) is 0 Å². The molecule has 3 heterocycles. The fraction of sp³-hybridized carbons (Fsp3) is 0.233. The Morgan fingerprint density at radius 2 is 1.13 bits per heavy atom. The summed E-state index contributed by atoms with van der Waals surface area (Å²) in [5.41, 5.74) is 12.7. The van der Waals surface area contributed by atoms with E-state index < -0.39 is 0 Å². The molecule has 0 spiro atoms. The molecule has 3 nitrogen and oxygen atoms in total. The molecule has 0 fully saturated rings. The van der Waals surface area contributed by atoms with Crippen molar-refractivity contribution in [2.45, 2.75) is 64.2 Å². The maximum atomic E-state index is 14.3. The fourth-order valence-corrected chi connectivity index (χ4v) is 9.72. The highest BCUT2D eigenvalue weighted by atomic mass is 32.1. The third kappa shape index (κ3) is 4.07. The van der Waals surface area contributed by atoms with Crippen LogP contribution in [-0.2, 0) is 10.8 Å². The number of hydrogen-bond donors (Lipinski definition) is 0.